The standard InChI is InChI=1S/C33H30FN3O3S/c1-21-9-18-29(22(2)19-21)36-31(38)23(3)41-28-16-14-27(15-17-28)35-33(40)30(20-24-10-12-26(34)13-11-24)37-32(39)25-7-5-4-6-8-25/h4-20,23H,1-3H3,(H,35,40)(H,36,38)(H,37,39)/b30-20-. The molecule has 1 unspecified atom stereocenters. The van der Waals surface area contributed by atoms with Gasteiger partial charge in [0.2, 0.25) is 5.91 Å². The second kappa shape index (κ2) is 13.6. The van der Waals surface area contributed by atoms with E-state index >= 15 is 0 Å². The van der Waals surface area contributed by atoms with Gasteiger partial charge in [0.15, 0.2) is 0 Å². The number of thioether (sulfide) groups is 1. The lowest BCUT2D eigenvalue weighted by Crippen LogP contribution is -2.30. The zero-order valence-corrected chi connectivity index (χ0v) is 23.7. The minimum atomic E-state index is -0.541. The van der Waals surface area contributed by atoms with Gasteiger partial charge in [0.05, 0.1) is 5.25 Å². The van der Waals surface area contributed by atoms with Crippen LogP contribution in [0.1, 0.15) is 34.0 Å². The Hall–Kier alpha value is -4.69. The molecule has 4 rings (SSSR count). The number of benzene rings is 4. The Morgan fingerprint density at radius 2 is 1.51 bits per heavy atom. The third-order valence-corrected chi connectivity index (χ3v) is 7.26. The summed E-state index contributed by atoms with van der Waals surface area (Å²) >= 11 is 1.40. The van der Waals surface area contributed by atoms with Crippen LogP contribution in [-0.2, 0) is 9.59 Å². The van der Waals surface area contributed by atoms with E-state index in [-0.39, 0.29) is 16.9 Å². The van der Waals surface area contributed by atoms with Crippen LogP contribution in [0.25, 0.3) is 6.08 Å². The number of hydrogen-bond donors (Lipinski definition) is 3. The van der Waals surface area contributed by atoms with Crippen LogP contribution in [0.4, 0.5) is 15.8 Å². The molecule has 0 radical (unpaired) electrons. The minimum Gasteiger partial charge on any atom is -0.325 e. The highest BCUT2D eigenvalue weighted by molar-refractivity contribution is 8.00. The number of carbonyl (C=O) groups excluding carboxylic acids is 3. The molecule has 3 amide bonds. The van der Waals surface area contributed by atoms with Gasteiger partial charge in [-0.3, -0.25) is 14.4 Å². The van der Waals surface area contributed by atoms with Crippen LogP contribution in [-0.4, -0.2) is 23.0 Å². The van der Waals surface area contributed by atoms with Gasteiger partial charge in [0, 0.05) is 21.8 Å². The van der Waals surface area contributed by atoms with Crippen molar-refractivity contribution in [2.24, 2.45) is 0 Å². The Bertz CT molecular complexity index is 1570. The highest BCUT2D eigenvalue weighted by Gasteiger charge is 2.17. The number of anilines is 2. The summed E-state index contributed by atoms with van der Waals surface area (Å²) in [5, 5.41) is 8.08. The van der Waals surface area contributed by atoms with Gasteiger partial charge >= 0.3 is 0 Å². The quantitative estimate of drug-likeness (QED) is 0.151. The molecule has 0 heterocycles. The second-order valence-corrected chi connectivity index (χ2v) is 10.9. The predicted molar refractivity (Wildman–Crippen MR) is 163 cm³/mol. The average Bonchev–Trinajstić information content (AvgIpc) is 2.96. The van der Waals surface area contributed by atoms with Crippen molar-refractivity contribution in [1.29, 1.82) is 0 Å². The molecule has 4 aromatic rings. The molecule has 1 atom stereocenters. The maximum atomic E-state index is 13.4. The van der Waals surface area contributed by atoms with E-state index < -0.39 is 17.6 Å². The van der Waals surface area contributed by atoms with E-state index in [2.05, 4.69) is 16.0 Å². The van der Waals surface area contributed by atoms with Crippen LogP contribution in [0.15, 0.2) is 108 Å². The fourth-order valence-corrected chi connectivity index (χ4v) is 4.80. The Kier molecular flexibility index (Phi) is 9.71. The Balaban J connectivity index is 1.42. The number of rotatable bonds is 9. The summed E-state index contributed by atoms with van der Waals surface area (Å²) in [5.74, 6) is -1.50. The van der Waals surface area contributed by atoms with Gasteiger partial charge in [-0.25, -0.2) is 4.39 Å². The fourth-order valence-electron chi connectivity index (χ4n) is 3.93. The van der Waals surface area contributed by atoms with Crippen molar-refractivity contribution < 1.29 is 18.8 Å². The van der Waals surface area contributed by atoms with Gasteiger partial charge in [-0.2, -0.15) is 0 Å². The van der Waals surface area contributed by atoms with Crippen molar-refractivity contribution in [2.75, 3.05) is 10.6 Å². The van der Waals surface area contributed by atoms with E-state index in [1.54, 1.807) is 42.5 Å². The summed E-state index contributed by atoms with van der Waals surface area (Å²) in [7, 11) is 0. The molecule has 0 spiro atoms. The third-order valence-electron chi connectivity index (χ3n) is 6.14. The summed E-state index contributed by atoms with van der Waals surface area (Å²) in [6, 6.07) is 27.1. The number of carbonyl (C=O) groups is 3. The van der Waals surface area contributed by atoms with Crippen molar-refractivity contribution >= 4 is 46.9 Å². The first-order chi connectivity index (χ1) is 19.7. The Labute approximate surface area is 243 Å². The normalized spacial score (nSPS) is 11.9. The maximum Gasteiger partial charge on any atom is 0.272 e. The van der Waals surface area contributed by atoms with E-state index in [0.29, 0.717) is 16.8 Å². The number of nitrogens with one attached hydrogen (secondary N) is 3. The number of aryl methyl sites for hydroxylation is 2. The number of hydrogen-bond acceptors (Lipinski definition) is 4. The van der Waals surface area contributed by atoms with Gasteiger partial charge in [-0.15, -0.1) is 11.8 Å². The van der Waals surface area contributed by atoms with E-state index in [1.807, 2.05) is 51.1 Å². The molecule has 4 aromatic carbocycles. The predicted octanol–water partition coefficient (Wildman–Crippen LogP) is 6.97. The van der Waals surface area contributed by atoms with Crippen LogP contribution >= 0.6 is 11.8 Å². The van der Waals surface area contributed by atoms with E-state index in [1.165, 1.54) is 42.1 Å². The molecule has 0 bridgehead atoms. The summed E-state index contributed by atoms with van der Waals surface area (Å²) in [4.78, 5) is 39.6. The van der Waals surface area contributed by atoms with Crippen LogP contribution in [0.5, 0.6) is 0 Å². The molecule has 8 heteroatoms. The van der Waals surface area contributed by atoms with Crippen molar-refractivity contribution in [3.8, 4) is 0 Å². The van der Waals surface area contributed by atoms with Gasteiger partial charge in [-0.1, -0.05) is 48.0 Å². The van der Waals surface area contributed by atoms with Crippen LogP contribution < -0.4 is 16.0 Å². The second-order valence-electron chi connectivity index (χ2n) is 9.48. The molecule has 0 aliphatic carbocycles. The maximum absolute atomic E-state index is 13.4. The molecule has 0 saturated carbocycles. The number of halogens is 1. The minimum absolute atomic E-state index is 0.000560. The third kappa shape index (κ3) is 8.40. The molecule has 6 nitrogen and oxygen atoms in total. The zero-order chi connectivity index (χ0) is 29.4. The molecule has 208 valence electrons. The smallest absolute Gasteiger partial charge is 0.272 e. The van der Waals surface area contributed by atoms with Crippen molar-refractivity contribution in [1.82, 2.24) is 5.32 Å². The average molecular weight is 568 g/mol. The first kappa shape index (κ1) is 29.3. The van der Waals surface area contributed by atoms with Crippen molar-refractivity contribution in [3.63, 3.8) is 0 Å². The van der Waals surface area contributed by atoms with Crippen molar-refractivity contribution in [3.05, 3.63) is 131 Å². The Morgan fingerprint density at radius 1 is 0.829 bits per heavy atom. The molecule has 0 aliphatic rings. The lowest BCUT2D eigenvalue weighted by Gasteiger charge is -2.15. The van der Waals surface area contributed by atoms with Crippen LogP contribution in [0.2, 0.25) is 0 Å². The lowest BCUT2D eigenvalue weighted by molar-refractivity contribution is -0.115. The largest absolute Gasteiger partial charge is 0.325 e. The highest BCUT2D eigenvalue weighted by atomic mass is 32.2. The monoisotopic (exact) mass is 567 g/mol. The first-order valence-corrected chi connectivity index (χ1v) is 13.9. The molecule has 0 aromatic heterocycles. The first-order valence-electron chi connectivity index (χ1n) is 13.0. The molecular weight excluding hydrogens is 537 g/mol. The summed E-state index contributed by atoms with van der Waals surface area (Å²) in [5.41, 5.74) is 4.36. The van der Waals surface area contributed by atoms with Crippen molar-refractivity contribution in [2.45, 2.75) is 30.9 Å². The molecule has 41 heavy (non-hydrogen) atoms. The van der Waals surface area contributed by atoms with E-state index in [0.717, 1.165) is 21.7 Å². The zero-order valence-electron chi connectivity index (χ0n) is 22.9. The number of amides is 3. The van der Waals surface area contributed by atoms with Gasteiger partial charge in [0.1, 0.15) is 11.5 Å². The molecule has 0 fully saturated rings. The van der Waals surface area contributed by atoms with Gasteiger partial charge in [-0.05, 0) is 92.6 Å². The van der Waals surface area contributed by atoms with Crippen LogP contribution in [0, 0.1) is 19.7 Å². The van der Waals surface area contributed by atoms with E-state index in [4.69, 9.17) is 0 Å². The highest BCUT2D eigenvalue weighted by Crippen LogP contribution is 2.26. The van der Waals surface area contributed by atoms with Gasteiger partial charge in [0.25, 0.3) is 11.8 Å². The molecular formula is C33H30FN3O3S. The molecule has 3 N–H and O–H groups in total. The summed E-state index contributed by atoms with van der Waals surface area (Å²) in [6.07, 6.45) is 1.48. The fraction of sp³-hybridized carbons (Fsp3) is 0.121. The summed E-state index contributed by atoms with van der Waals surface area (Å²) in [6.45, 7) is 5.80. The summed E-state index contributed by atoms with van der Waals surface area (Å²) < 4.78 is 13.4. The molecule has 0 saturated heterocycles. The van der Waals surface area contributed by atoms with Crippen LogP contribution in [0.3, 0.4) is 0 Å². The van der Waals surface area contributed by atoms with E-state index in [9.17, 15) is 18.8 Å². The lowest BCUT2D eigenvalue weighted by atomic mass is 10.1. The topological polar surface area (TPSA) is 87.3 Å². The molecule has 0 aliphatic heterocycles. The van der Waals surface area contributed by atoms with Gasteiger partial charge < -0.3 is 16.0 Å². The Morgan fingerprint density at radius 3 is 2.17 bits per heavy atom. The SMILES string of the molecule is Cc1ccc(NC(=O)C(C)Sc2ccc(NC(=O)/C(=C/c3ccc(F)cc3)NC(=O)c3ccccc3)cc2)c(C)c1.